The van der Waals surface area contributed by atoms with Gasteiger partial charge in [-0.2, -0.15) is 22.6 Å². The molecule has 0 amide bonds. The number of sulfonamides is 1. The summed E-state index contributed by atoms with van der Waals surface area (Å²) in [4.78, 5) is 4.95. The Bertz CT molecular complexity index is 1110. The number of nitrogens with zero attached hydrogens (tertiary/aromatic N) is 4. The molecule has 1 atom stereocenters. The zero-order valence-electron chi connectivity index (χ0n) is 14.8. The molecule has 4 rings (SSSR count). The summed E-state index contributed by atoms with van der Waals surface area (Å²) in [5.41, 5.74) is -0.384. The maximum Gasteiger partial charge on any atom is 0.433 e. The normalized spacial score (nSPS) is 18.9. The van der Waals surface area contributed by atoms with Crippen molar-refractivity contribution in [2.24, 2.45) is 0 Å². The second kappa shape index (κ2) is 6.82. The second-order valence-electron chi connectivity index (χ2n) is 6.51. The number of halogens is 3. The van der Waals surface area contributed by atoms with E-state index in [-0.39, 0.29) is 22.8 Å². The van der Waals surface area contributed by atoms with Crippen LogP contribution in [0.4, 0.5) is 13.2 Å². The van der Waals surface area contributed by atoms with Crippen LogP contribution in [0.1, 0.15) is 37.2 Å². The van der Waals surface area contributed by atoms with Gasteiger partial charge < -0.3 is 0 Å². The summed E-state index contributed by atoms with van der Waals surface area (Å²) in [5, 5.41) is 5.88. The number of alkyl halides is 3. The number of thiophene rings is 1. The van der Waals surface area contributed by atoms with Gasteiger partial charge in [0, 0.05) is 12.6 Å². The molecule has 1 fully saturated rings. The maximum absolute atomic E-state index is 13.7. The highest BCUT2D eigenvalue weighted by Crippen LogP contribution is 2.37. The van der Waals surface area contributed by atoms with E-state index in [9.17, 15) is 21.6 Å². The van der Waals surface area contributed by atoms with E-state index in [1.807, 2.05) is 0 Å². The SMILES string of the molecule is CCS(=O)(=O)N1CCC[C@H]1c1cc2nc(-c3cccs3)cc(C(F)(F)F)n2n1. The lowest BCUT2D eigenvalue weighted by molar-refractivity contribution is -0.142. The number of aromatic nitrogens is 3. The van der Waals surface area contributed by atoms with E-state index in [1.165, 1.54) is 21.7 Å². The van der Waals surface area contributed by atoms with Crippen LogP contribution in [0.25, 0.3) is 16.2 Å². The summed E-state index contributed by atoms with van der Waals surface area (Å²) < 4.78 is 67.7. The van der Waals surface area contributed by atoms with Crippen molar-refractivity contribution in [1.82, 2.24) is 18.9 Å². The summed E-state index contributed by atoms with van der Waals surface area (Å²) in [7, 11) is -3.47. The largest absolute Gasteiger partial charge is 0.433 e. The van der Waals surface area contributed by atoms with Gasteiger partial charge in [0.05, 0.1) is 28.1 Å². The molecular weight excluding hydrogens is 413 g/mol. The Morgan fingerprint density at radius 2 is 2.11 bits per heavy atom. The highest BCUT2D eigenvalue weighted by molar-refractivity contribution is 7.89. The molecule has 28 heavy (non-hydrogen) atoms. The van der Waals surface area contributed by atoms with Crippen LogP contribution in [-0.2, 0) is 16.2 Å². The van der Waals surface area contributed by atoms with Crippen molar-refractivity contribution in [3.05, 3.63) is 41.0 Å². The topological polar surface area (TPSA) is 67.6 Å². The van der Waals surface area contributed by atoms with E-state index in [2.05, 4.69) is 10.1 Å². The number of rotatable bonds is 4. The molecule has 0 aliphatic carbocycles. The summed E-state index contributed by atoms with van der Waals surface area (Å²) >= 11 is 1.30. The zero-order chi connectivity index (χ0) is 20.1. The fourth-order valence-electron chi connectivity index (χ4n) is 3.44. The number of hydrogen-bond donors (Lipinski definition) is 0. The minimum absolute atomic E-state index is 0.0500. The molecule has 0 radical (unpaired) electrons. The fourth-order valence-corrected chi connectivity index (χ4v) is 5.47. The van der Waals surface area contributed by atoms with Gasteiger partial charge in [0.15, 0.2) is 11.3 Å². The number of fused-ring (bicyclic) bond motifs is 1. The Morgan fingerprint density at radius 1 is 1.32 bits per heavy atom. The molecule has 6 nitrogen and oxygen atoms in total. The molecule has 1 aliphatic heterocycles. The minimum Gasteiger partial charge on any atom is -0.228 e. The van der Waals surface area contributed by atoms with Crippen LogP contribution in [-0.4, -0.2) is 39.6 Å². The molecule has 3 aromatic heterocycles. The van der Waals surface area contributed by atoms with Crippen LogP contribution in [0.3, 0.4) is 0 Å². The molecular formula is C17H17F3N4O2S2. The van der Waals surface area contributed by atoms with E-state index in [1.54, 1.807) is 24.4 Å². The Balaban J connectivity index is 1.87. The zero-order valence-corrected chi connectivity index (χ0v) is 16.5. The molecule has 1 aliphatic rings. The predicted octanol–water partition coefficient (Wildman–Crippen LogP) is 3.96. The molecule has 4 heterocycles. The summed E-state index contributed by atoms with van der Waals surface area (Å²) in [6.45, 7) is 1.89. The Labute approximate surface area is 163 Å². The lowest BCUT2D eigenvalue weighted by Gasteiger charge is -2.21. The van der Waals surface area contributed by atoms with Gasteiger partial charge in [0.1, 0.15) is 0 Å². The highest BCUT2D eigenvalue weighted by atomic mass is 32.2. The first kappa shape index (κ1) is 19.3. The van der Waals surface area contributed by atoms with E-state index in [4.69, 9.17) is 0 Å². The van der Waals surface area contributed by atoms with Crippen LogP contribution < -0.4 is 0 Å². The van der Waals surface area contributed by atoms with E-state index in [0.29, 0.717) is 24.3 Å². The third-order valence-electron chi connectivity index (χ3n) is 4.78. The smallest absolute Gasteiger partial charge is 0.228 e. The average molecular weight is 430 g/mol. The summed E-state index contributed by atoms with van der Waals surface area (Å²) in [5.74, 6) is -0.0640. The van der Waals surface area contributed by atoms with Crippen LogP contribution in [0.15, 0.2) is 29.6 Å². The van der Waals surface area contributed by atoms with Crippen molar-refractivity contribution < 1.29 is 21.6 Å². The van der Waals surface area contributed by atoms with Gasteiger partial charge in [-0.3, -0.25) is 0 Å². The Morgan fingerprint density at radius 3 is 2.75 bits per heavy atom. The predicted molar refractivity (Wildman–Crippen MR) is 99.4 cm³/mol. The third-order valence-corrected chi connectivity index (χ3v) is 7.55. The van der Waals surface area contributed by atoms with Gasteiger partial charge in [-0.25, -0.2) is 17.9 Å². The molecule has 0 N–H and O–H groups in total. The summed E-state index contributed by atoms with van der Waals surface area (Å²) in [6, 6.07) is 5.31. The van der Waals surface area contributed by atoms with Crippen molar-refractivity contribution in [2.75, 3.05) is 12.3 Å². The standard InChI is InChI=1S/C17H17F3N4O2S2/c1-2-28(25,26)23-7-3-5-13(23)11-10-16-21-12(14-6-4-8-27-14)9-15(17(18,19)20)24(16)22-11/h4,6,8-10,13H,2-3,5,7H2,1H3/t13-/m0/s1. The Hall–Kier alpha value is -1.98. The van der Waals surface area contributed by atoms with Crippen molar-refractivity contribution in [3.63, 3.8) is 0 Å². The maximum atomic E-state index is 13.7. The van der Waals surface area contributed by atoms with Gasteiger partial charge in [0.25, 0.3) is 0 Å². The summed E-state index contributed by atoms with van der Waals surface area (Å²) in [6.07, 6.45) is -3.47. The van der Waals surface area contributed by atoms with Crippen molar-refractivity contribution in [2.45, 2.75) is 32.0 Å². The van der Waals surface area contributed by atoms with Crippen molar-refractivity contribution >= 4 is 27.0 Å². The first-order valence-electron chi connectivity index (χ1n) is 8.72. The molecule has 150 valence electrons. The van der Waals surface area contributed by atoms with Crippen molar-refractivity contribution in [1.29, 1.82) is 0 Å². The molecule has 0 aromatic carbocycles. The molecule has 0 spiro atoms. The van der Waals surface area contributed by atoms with Crippen LogP contribution in [0.2, 0.25) is 0 Å². The van der Waals surface area contributed by atoms with Gasteiger partial charge in [0.2, 0.25) is 10.0 Å². The van der Waals surface area contributed by atoms with E-state index < -0.39 is 27.9 Å². The first-order chi connectivity index (χ1) is 13.2. The molecule has 11 heteroatoms. The van der Waals surface area contributed by atoms with Gasteiger partial charge in [-0.1, -0.05) is 6.07 Å². The van der Waals surface area contributed by atoms with Crippen LogP contribution >= 0.6 is 11.3 Å². The lowest BCUT2D eigenvalue weighted by Crippen LogP contribution is -2.32. The monoisotopic (exact) mass is 430 g/mol. The van der Waals surface area contributed by atoms with Gasteiger partial charge >= 0.3 is 6.18 Å². The van der Waals surface area contributed by atoms with Crippen LogP contribution in [0, 0.1) is 0 Å². The van der Waals surface area contributed by atoms with Crippen molar-refractivity contribution in [3.8, 4) is 10.6 Å². The Kier molecular flexibility index (Phi) is 4.71. The quantitative estimate of drug-likeness (QED) is 0.628. The molecule has 1 saturated heterocycles. The molecule has 0 unspecified atom stereocenters. The second-order valence-corrected chi connectivity index (χ2v) is 9.67. The number of hydrogen-bond acceptors (Lipinski definition) is 5. The first-order valence-corrected chi connectivity index (χ1v) is 11.2. The van der Waals surface area contributed by atoms with E-state index >= 15 is 0 Å². The van der Waals surface area contributed by atoms with Crippen LogP contribution in [0.5, 0.6) is 0 Å². The molecule has 0 saturated carbocycles. The van der Waals surface area contributed by atoms with Gasteiger partial charge in [-0.15, -0.1) is 11.3 Å². The fraction of sp³-hybridized carbons (Fsp3) is 0.412. The molecule has 0 bridgehead atoms. The lowest BCUT2D eigenvalue weighted by atomic mass is 10.2. The van der Waals surface area contributed by atoms with Gasteiger partial charge in [-0.05, 0) is 37.3 Å². The molecule has 3 aromatic rings. The third kappa shape index (κ3) is 3.31. The minimum atomic E-state index is -4.62. The highest BCUT2D eigenvalue weighted by Gasteiger charge is 2.38. The average Bonchev–Trinajstić information content (AvgIpc) is 3.38. The van der Waals surface area contributed by atoms with E-state index in [0.717, 1.165) is 10.6 Å².